The Hall–Kier alpha value is -1.75. The molecule has 0 aromatic heterocycles. The molecule has 0 bridgehead atoms. The first-order valence-electron chi connectivity index (χ1n) is 6.19. The van der Waals surface area contributed by atoms with E-state index in [1.165, 1.54) is 0 Å². The maximum Gasteiger partial charge on any atom is 0.349 e. The summed E-state index contributed by atoms with van der Waals surface area (Å²) in [6, 6.07) is 6.90. The quantitative estimate of drug-likeness (QED) is 0.764. The Bertz CT molecular complexity index is 414. The lowest BCUT2D eigenvalue weighted by Crippen LogP contribution is -2.39. The topological polar surface area (TPSA) is 65.0 Å². The van der Waals surface area contributed by atoms with E-state index in [0.717, 1.165) is 0 Å². The molecule has 0 amide bonds. The fourth-order valence-corrected chi connectivity index (χ4v) is 1.43. The molecular weight excluding hydrogens is 248 g/mol. The van der Waals surface area contributed by atoms with Crippen molar-refractivity contribution in [1.29, 1.82) is 0 Å². The third kappa shape index (κ3) is 4.79. The molecule has 1 N–H and O–H groups in total. The van der Waals surface area contributed by atoms with Crippen LogP contribution in [0, 0.1) is 0 Å². The summed E-state index contributed by atoms with van der Waals surface area (Å²) < 4.78 is 15.8. The van der Waals surface area contributed by atoms with Crippen LogP contribution in [0.25, 0.3) is 0 Å². The molecule has 5 nitrogen and oxygen atoms in total. The average molecular weight is 268 g/mol. The minimum Gasteiger partial charge on any atom is -0.491 e. The second kappa shape index (κ2) is 6.99. The van der Waals surface area contributed by atoms with E-state index in [4.69, 9.17) is 19.3 Å². The molecule has 1 aromatic rings. The molecule has 0 saturated heterocycles. The van der Waals surface area contributed by atoms with Crippen LogP contribution in [0.4, 0.5) is 0 Å². The van der Waals surface area contributed by atoms with E-state index in [9.17, 15) is 4.79 Å². The third-order valence-corrected chi connectivity index (χ3v) is 2.31. The van der Waals surface area contributed by atoms with Gasteiger partial charge in [0.25, 0.3) is 0 Å². The second-order valence-electron chi connectivity index (χ2n) is 4.38. The Balaban J connectivity index is 2.72. The summed E-state index contributed by atoms with van der Waals surface area (Å²) in [6.45, 7) is 5.51. The van der Waals surface area contributed by atoms with Crippen LogP contribution >= 0.6 is 0 Å². The fraction of sp³-hybridized carbons (Fsp3) is 0.500. The van der Waals surface area contributed by atoms with Gasteiger partial charge < -0.3 is 19.3 Å². The maximum atomic E-state index is 11.7. The standard InChI is InChI=1S/C14H20O5/c1-4-17-13(16)14(2,3)19-12-7-5-6-11(10-12)18-9-8-15/h5-7,10,15H,4,8-9H2,1-3H3. The predicted molar refractivity (Wildman–Crippen MR) is 70.4 cm³/mol. The van der Waals surface area contributed by atoms with Crippen molar-refractivity contribution in [1.82, 2.24) is 0 Å². The zero-order chi connectivity index (χ0) is 14.3. The zero-order valence-electron chi connectivity index (χ0n) is 11.5. The number of benzene rings is 1. The highest BCUT2D eigenvalue weighted by Crippen LogP contribution is 2.24. The lowest BCUT2D eigenvalue weighted by atomic mass is 10.1. The highest BCUT2D eigenvalue weighted by atomic mass is 16.6. The molecule has 0 radical (unpaired) electrons. The van der Waals surface area contributed by atoms with Crippen LogP contribution in [0.1, 0.15) is 20.8 Å². The summed E-state index contributed by atoms with van der Waals surface area (Å²) >= 11 is 0. The van der Waals surface area contributed by atoms with Gasteiger partial charge in [-0.15, -0.1) is 0 Å². The molecule has 0 aliphatic rings. The Morgan fingerprint density at radius 3 is 2.63 bits per heavy atom. The van der Waals surface area contributed by atoms with E-state index < -0.39 is 11.6 Å². The maximum absolute atomic E-state index is 11.7. The van der Waals surface area contributed by atoms with Gasteiger partial charge >= 0.3 is 5.97 Å². The summed E-state index contributed by atoms with van der Waals surface area (Å²) in [5, 5.41) is 8.70. The molecule has 0 unspecified atom stereocenters. The van der Waals surface area contributed by atoms with E-state index in [2.05, 4.69) is 0 Å². The Labute approximate surface area is 113 Å². The first kappa shape index (κ1) is 15.3. The lowest BCUT2D eigenvalue weighted by molar-refractivity contribution is -0.158. The van der Waals surface area contributed by atoms with Gasteiger partial charge in [0.15, 0.2) is 5.60 Å². The Morgan fingerprint density at radius 2 is 2.00 bits per heavy atom. The van der Waals surface area contributed by atoms with Crippen LogP contribution in [0.3, 0.4) is 0 Å². The first-order chi connectivity index (χ1) is 8.99. The van der Waals surface area contributed by atoms with E-state index in [0.29, 0.717) is 18.1 Å². The van der Waals surface area contributed by atoms with E-state index >= 15 is 0 Å². The number of esters is 1. The first-order valence-corrected chi connectivity index (χ1v) is 6.19. The smallest absolute Gasteiger partial charge is 0.349 e. The monoisotopic (exact) mass is 268 g/mol. The van der Waals surface area contributed by atoms with Gasteiger partial charge in [0.2, 0.25) is 0 Å². The SMILES string of the molecule is CCOC(=O)C(C)(C)Oc1cccc(OCCO)c1. The number of hydrogen-bond acceptors (Lipinski definition) is 5. The van der Waals surface area contributed by atoms with Crippen molar-refractivity contribution >= 4 is 5.97 Å². The molecule has 106 valence electrons. The van der Waals surface area contributed by atoms with Gasteiger partial charge in [0.1, 0.15) is 18.1 Å². The summed E-state index contributed by atoms with van der Waals surface area (Å²) in [6.07, 6.45) is 0. The summed E-state index contributed by atoms with van der Waals surface area (Å²) in [7, 11) is 0. The highest BCUT2D eigenvalue weighted by Gasteiger charge is 2.31. The van der Waals surface area contributed by atoms with Crippen molar-refractivity contribution in [2.45, 2.75) is 26.4 Å². The van der Waals surface area contributed by atoms with E-state index in [-0.39, 0.29) is 13.2 Å². The summed E-state index contributed by atoms with van der Waals surface area (Å²) in [5.74, 6) is 0.663. The normalized spacial score (nSPS) is 10.9. The predicted octanol–water partition coefficient (Wildman–Crippen LogP) is 1.78. The van der Waals surface area contributed by atoms with Gasteiger partial charge in [-0.25, -0.2) is 4.79 Å². The molecule has 0 aliphatic heterocycles. The molecule has 5 heteroatoms. The number of aliphatic hydroxyl groups is 1. The van der Waals surface area contributed by atoms with Crippen LogP contribution in [-0.2, 0) is 9.53 Å². The number of carbonyl (C=O) groups excluding carboxylic acids is 1. The molecule has 19 heavy (non-hydrogen) atoms. The van der Waals surface area contributed by atoms with E-state index in [1.807, 2.05) is 0 Å². The van der Waals surface area contributed by atoms with Gasteiger partial charge in [0, 0.05) is 6.07 Å². The average Bonchev–Trinajstić information content (AvgIpc) is 2.36. The largest absolute Gasteiger partial charge is 0.491 e. The number of ether oxygens (including phenoxy) is 3. The number of hydrogen-bond donors (Lipinski definition) is 1. The van der Waals surface area contributed by atoms with Crippen LogP contribution in [0.5, 0.6) is 11.5 Å². The molecule has 0 atom stereocenters. The van der Waals surface area contributed by atoms with Crippen LogP contribution in [-0.4, -0.2) is 36.5 Å². The van der Waals surface area contributed by atoms with Crippen molar-refractivity contribution in [3.05, 3.63) is 24.3 Å². The van der Waals surface area contributed by atoms with Crippen LogP contribution in [0.2, 0.25) is 0 Å². The van der Waals surface area contributed by atoms with E-state index in [1.54, 1.807) is 45.0 Å². The zero-order valence-corrected chi connectivity index (χ0v) is 11.5. The number of rotatable bonds is 7. The number of carbonyl (C=O) groups is 1. The lowest BCUT2D eigenvalue weighted by Gasteiger charge is -2.24. The van der Waals surface area contributed by atoms with Gasteiger partial charge in [-0.2, -0.15) is 0 Å². The van der Waals surface area contributed by atoms with Gasteiger partial charge in [-0.3, -0.25) is 0 Å². The second-order valence-corrected chi connectivity index (χ2v) is 4.38. The molecule has 1 rings (SSSR count). The molecule has 0 fully saturated rings. The van der Waals surface area contributed by atoms with Crippen molar-refractivity contribution in [2.24, 2.45) is 0 Å². The van der Waals surface area contributed by atoms with Crippen molar-refractivity contribution in [3.8, 4) is 11.5 Å². The Morgan fingerprint density at radius 1 is 1.32 bits per heavy atom. The van der Waals surface area contributed by atoms with Gasteiger partial charge in [-0.05, 0) is 32.9 Å². The van der Waals surface area contributed by atoms with Crippen LogP contribution in [0.15, 0.2) is 24.3 Å². The fourth-order valence-electron chi connectivity index (χ4n) is 1.43. The Kier molecular flexibility index (Phi) is 5.63. The molecule has 1 aromatic carbocycles. The van der Waals surface area contributed by atoms with Crippen molar-refractivity contribution in [3.63, 3.8) is 0 Å². The van der Waals surface area contributed by atoms with Crippen LogP contribution < -0.4 is 9.47 Å². The molecule has 0 saturated carbocycles. The minimum absolute atomic E-state index is 0.0561. The van der Waals surface area contributed by atoms with Crippen molar-refractivity contribution in [2.75, 3.05) is 19.8 Å². The summed E-state index contributed by atoms with van der Waals surface area (Å²) in [4.78, 5) is 11.7. The molecule has 0 spiro atoms. The van der Waals surface area contributed by atoms with Crippen molar-refractivity contribution < 1.29 is 24.1 Å². The highest BCUT2D eigenvalue weighted by molar-refractivity contribution is 5.79. The molecular formula is C14H20O5. The van der Waals surface area contributed by atoms with Gasteiger partial charge in [-0.1, -0.05) is 6.07 Å². The minimum atomic E-state index is -1.06. The molecule has 0 heterocycles. The van der Waals surface area contributed by atoms with Gasteiger partial charge in [0.05, 0.1) is 13.2 Å². The number of aliphatic hydroxyl groups excluding tert-OH is 1. The summed E-state index contributed by atoms with van der Waals surface area (Å²) in [5.41, 5.74) is -1.06. The third-order valence-electron chi connectivity index (χ3n) is 2.31. The molecule has 0 aliphatic carbocycles.